The number of ketones is 1. The standard InChI is InChI=1S/C14H10O3.La/c15-13(10-6-2-1-3-7-10)11-8-4-5-9-12(11)14(16)17;/h1-9H,(H,16,17);. The SMILES string of the molecule is O=C(O)c1ccccc1C(=O)c1ccccc1.[La]. The molecule has 0 unspecified atom stereocenters. The maximum atomic E-state index is 12.1. The number of benzene rings is 2. The van der Waals surface area contributed by atoms with Gasteiger partial charge in [0.2, 0.25) is 0 Å². The van der Waals surface area contributed by atoms with Crippen molar-refractivity contribution in [2.75, 3.05) is 0 Å². The van der Waals surface area contributed by atoms with Gasteiger partial charge in [-0.05, 0) is 6.07 Å². The van der Waals surface area contributed by atoms with Crippen LogP contribution in [0.15, 0.2) is 54.6 Å². The molecule has 0 bridgehead atoms. The minimum absolute atomic E-state index is 0. The van der Waals surface area contributed by atoms with Crippen LogP contribution in [0.3, 0.4) is 0 Å². The van der Waals surface area contributed by atoms with E-state index in [1.54, 1.807) is 42.5 Å². The average Bonchev–Trinajstić information content (AvgIpc) is 2.39. The van der Waals surface area contributed by atoms with Crippen molar-refractivity contribution in [1.82, 2.24) is 0 Å². The van der Waals surface area contributed by atoms with Crippen LogP contribution in [0.2, 0.25) is 0 Å². The average molecular weight is 365 g/mol. The number of carboxylic acids is 1. The van der Waals surface area contributed by atoms with Gasteiger partial charge in [0.25, 0.3) is 0 Å². The predicted octanol–water partition coefficient (Wildman–Crippen LogP) is 2.62. The van der Waals surface area contributed by atoms with Gasteiger partial charge in [0, 0.05) is 46.7 Å². The molecule has 2 aromatic carbocycles. The summed E-state index contributed by atoms with van der Waals surface area (Å²) in [5.41, 5.74) is 0.730. The predicted molar refractivity (Wildman–Crippen MR) is 63.3 cm³/mol. The Balaban J connectivity index is 0.00000162. The Hall–Kier alpha value is -1.23. The van der Waals surface area contributed by atoms with Crippen LogP contribution in [-0.4, -0.2) is 16.9 Å². The molecule has 1 radical (unpaired) electrons. The summed E-state index contributed by atoms with van der Waals surface area (Å²) in [6.45, 7) is 0. The molecule has 4 heteroatoms. The molecule has 3 nitrogen and oxygen atoms in total. The van der Waals surface area contributed by atoms with Crippen molar-refractivity contribution in [3.63, 3.8) is 0 Å². The number of carbonyl (C=O) groups excluding carboxylic acids is 1. The van der Waals surface area contributed by atoms with Gasteiger partial charge < -0.3 is 5.11 Å². The van der Waals surface area contributed by atoms with Crippen LogP contribution in [-0.2, 0) is 0 Å². The van der Waals surface area contributed by atoms with Crippen LogP contribution in [0.25, 0.3) is 0 Å². The quantitative estimate of drug-likeness (QED) is 0.851. The van der Waals surface area contributed by atoms with Crippen LogP contribution in [0, 0.1) is 35.6 Å². The first-order valence-electron chi connectivity index (χ1n) is 5.12. The van der Waals surface area contributed by atoms with Gasteiger partial charge in [-0.1, -0.05) is 48.5 Å². The second kappa shape index (κ2) is 6.64. The number of aromatic carboxylic acids is 1. The van der Waals surface area contributed by atoms with Gasteiger partial charge in [-0.25, -0.2) is 4.79 Å². The zero-order chi connectivity index (χ0) is 12.3. The van der Waals surface area contributed by atoms with Crippen molar-refractivity contribution in [3.05, 3.63) is 71.3 Å². The molecule has 0 aliphatic rings. The normalized spacial score (nSPS) is 9.33. The summed E-state index contributed by atoms with van der Waals surface area (Å²) < 4.78 is 0. The zero-order valence-electron chi connectivity index (χ0n) is 9.54. The first kappa shape index (κ1) is 14.8. The zero-order valence-corrected chi connectivity index (χ0v) is 13.2. The number of hydrogen-bond acceptors (Lipinski definition) is 2. The molecule has 0 atom stereocenters. The molecule has 0 saturated carbocycles. The Morgan fingerprint density at radius 1 is 0.778 bits per heavy atom. The Morgan fingerprint density at radius 2 is 1.28 bits per heavy atom. The summed E-state index contributed by atoms with van der Waals surface area (Å²) >= 11 is 0. The molecule has 87 valence electrons. The van der Waals surface area contributed by atoms with E-state index in [1.165, 1.54) is 12.1 Å². The molecule has 0 aliphatic heterocycles. The first-order valence-corrected chi connectivity index (χ1v) is 5.12. The van der Waals surface area contributed by atoms with Gasteiger partial charge in [0.05, 0.1) is 5.56 Å². The van der Waals surface area contributed by atoms with E-state index < -0.39 is 5.97 Å². The Bertz CT molecular complexity index is 564. The fraction of sp³-hybridized carbons (Fsp3) is 0. The van der Waals surface area contributed by atoms with Gasteiger partial charge in [0.15, 0.2) is 5.78 Å². The molecule has 0 fully saturated rings. The second-order valence-electron chi connectivity index (χ2n) is 3.55. The minimum Gasteiger partial charge on any atom is -0.478 e. The van der Waals surface area contributed by atoms with E-state index >= 15 is 0 Å². The van der Waals surface area contributed by atoms with E-state index in [2.05, 4.69) is 0 Å². The molecule has 0 aromatic heterocycles. The van der Waals surface area contributed by atoms with Crippen molar-refractivity contribution < 1.29 is 50.3 Å². The third-order valence-corrected chi connectivity index (χ3v) is 2.44. The van der Waals surface area contributed by atoms with Gasteiger partial charge in [-0.15, -0.1) is 0 Å². The fourth-order valence-corrected chi connectivity index (χ4v) is 1.61. The maximum Gasteiger partial charge on any atom is 0.336 e. The van der Waals surface area contributed by atoms with Crippen molar-refractivity contribution in [2.45, 2.75) is 0 Å². The van der Waals surface area contributed by atoms with Crippen LogP contribution in [0.4, 0.5) is 0 Å². The van der Waals surface area contributed by atoms with E-state index in [4.69, 9.17) is 5.11 Å². The second-order valence-corrected chi connectivity index (χ2v) is 3.55. The number of rotatable bonds is 3. The van der Waals surface area contributed by atoms with E-state index in [0.717, 1.165) is 0 Å². The van der Waals surface area contributed by atoms with E-state index in [1.807, 2.05) is 0 Å². The summed E-state index contributed by atoms with van der Waals surface area (Å²) in [5.74, 6) is -1.37. The molecule has 0 saturated heterocycles. The molecule has 0 spiro atoms. The smallest absolute Gasteiger partial charge is 0.336 e. The van der Waals surface area contributed by atoms with Crippen molar-refractivity contribution in [1.29, 1.82) is 0 Å². The molecule has 0 heterocycles. The van der Waals surface area contributed by atoms with Gasteiger partial charge >= 0.3 is 5.97 Å². The summed E-state index contributed by atoms with van der Waals surface area (Å²) in [4.78, 5) is 23.1. The molecule has 1 N–H and O–H groups in total. The Morgan fingerprint density at radius 3 is 1.83 bits per heavy atom. The molecular weight excluding hydrogens is 355 g/mol. The van der Waals surface area contributed by atoms with E-state index in [0.29, 0.717) is 5.56 Å². The third kappa shape index (κ3) is 3.16. The van der Waals surface area contributed by atoms with Crippen LogP contribution < -0.4 is 0 Å². The Labute approximate surface area is 132 Å². The van der Waals surface area contributed by atoms with Crippen LogP contribution in [0.5, 0.6) is 0 Å². The molecule has 0 aliphatic carbocycles. The largest absolute Gasteiger partial charge is 0.478 e. The first-order chi connectivity index (χ1) is 8.20. The fourth-order valence-electron chi connectivity index (χ4n) is 1.61. The number of carboxylic acid groups (broad SMARTS) is 1. The minimum atomic E-state index is -1.09. The van der Waals surface area contributed by atoms with E-state index in [9.17, 15) is 9.59 Å². The molecule has 2 rings (SSSR count). The molecule has 18 heavy (non-hydrogen) atoms. The van der Waals surface area contributed by atoms with Crippen molar-refractivity contribution >= 4 is 11.8 Å². The maximum absolute atomic E-state index is 12.1. The summed E-state index contributed by atoms with van der Waals surface area (Å²) in [7, 11) is 0. The summed E-state index contributed by atoms with van der Waals surface area (Å²) in [5, 5.41) is 9.01. The van der Waals surface area contributed by atoms with Gasteiger partial charge in [-0.2, -0.15) is 0 Å². The number of carbonyl (C=O) groups is 2. The van der Waals surface area contributed by atoms with Crippen molar-refractivity contribution in [3.8, 4) is 0 Å². The Kier molecular flexibility index (Phi) is 5.47. The topological polar surface area (TPSA) is 54.4 Å². The van der Waals surface area contributed by atoms with Crippen LogP contribution >= 0.6 is 0 Å². The number of hydrogen-bond donors (Lipinski definition) is 1. The monoisotopic (exact) mass is 365 g/mol. The van der Waals surface area contributed by atoms with Crippen molar-refractivity contribution in [2.24, 2.45) is 0 Å². The molecule has 2 aromatic rings. The third-order valence-electron chi connectivity index (χ3n) is 2.44. The molecular formula is C14H10LaO3. The van der Waals surface area contributed by atoms with Gasteiger partial charge in [0.1, 0.15) is 0 Å². The van der Waals surface area contributed by atoms with Crippen LogP contribution in [0.1, 0.15) is 26.3 Å². The summed E-state index contributed by atoms with van der Waals surface area (Å²) in [6.07, 6.45) is 0. The van der Waals surface area contributed by atoms with Gasteiger partial charge in [-0.3, -0.25) is 4.79 Å². The summed E-state index contributed by atoms with van der Waals surface area (Å²) in [6, 6.07) is 14.8. The molecule has 0 amide bonds. The van der Waals surface area contributed by atoms with E-state index in [-0.39, 0.29) is 52.5 Å².